The van der Waals surface area contributed by atoms with E-state index in [4.69, 9.17) is 4.74 Å². The van der Waals surface area contributed by atoms with E-state index in [1.165, 1.54) is 19.3 Å². The average molecular weight is 228 g/mol. The lowest BCUT2D eigenvalue weighted by Crippen LogP contribution is -2.39. The Morgan fingerprint density at radius 3 is 2.81 bits per heavy atom. The van der Waals surface area contributed by atoms with Crippen LogP contribution >= 0.6 is 0 Å². The second kappa shape index (κ2) is 6.21. The van der Waals surface area contributed by atoms with Crippen LogP contribution in [0.15, 0.2) is 0 Å². The highest BCUT2D eigenvalue weighted by molar-refractivity contribution is 5.77. The Morgan fingerprint density at radius 2 is 2.25 bits per heavy atom. The number of rotatable bonds is 6. The number of ether oxygens (including phenoxy) is 1. The zero-order valence-corrected chi connectivity index (χ0v) is 10.6. The fourth-order valence-corrected chi connectivity index (χ4v) is 2.20. The van der Waals surface area contributed by atoms with Crippen molar-refractivity contribution in [2.24, 2.45) is 5.41 Å². The molecule has 0 aromatic carbocycles. The molecule has 0 heterocycles. The van der Waals surface area contributed by atoms with Crippen molar-refractivity contribution in [1.29, 1.82) is 0 Å². The number of carbonyl (C=O) groups excluding carboxylic acids is 1. The van der Waals surface area contributed by atoms with Crippen LogP contribution in [0.3, 0.4) is 0 Å². The zero-order valence-electron chi connectivity index (χ0n) is 10.6. The number of nitrogens with one attached hydrogen (secondary N) is 2. The molecular formula is C12H24N2O2. The number of hydrogen-bond acceptors (Lipinski definition) is 3. The molecule has 0 aromatic heterocycles. The molecule has 0 bridgehead atoms. The highest BCUT2D eigenvalue weighted by Gasteiger charge is 2.30. The molecule has 0 spiro atoms. The molecule has 0 aromatic rings. The fraction of sp³-hybridized carbons (Fsp3) is 0.917. The van der Waals surface area contributed by atoms with Crippen LogP contribution in [-0.2, 0) is 9.53 Å². The summed E-state index contributed by atoms with van der Waals surface area (Å²) in [7, 11) is 1.63. The third-order valence-corrected chi connectivity index (χ3v) is 3.15. The van der Waals surface area contributed by atoms with E-state index in [-0.39, 0.29) is 5.91 Å². The van der Waals surface area contributed by atoms with Crippen molar-refractivity contribution in [2.75, 3.05) is 26.8 Å². The minimum atomic E-state index is 0.0572. The minimum absolute atomic E-state index is 0.0572. The Labute approximate surface area is 98.1 Å². The maximum atomic E-state index is 11.4. The Balaban J connectivity index is 2.08. The standard InChI is InChI=1S/C12H24N2O2/c1-12(2)5-4-10(8-12)14-9-11(15)13-6-7-16-3/h10,14H,4-9H2,1-3H3,(H,13,15). The molecule has 1 atom stereocenters. The fourth-order valence-electron chi connectivity index (χ4n) is 2.20. The summed E-state index contributed by atoms with van der Waals surface area (Å²) in [6.45, 7) is 6.15. The molecule has 1 rings (SSSR count). The third kappa shape index (κ3) is 4.94. The molecule has 1 saturated carbocycles. The van der Waals surface area contributed by atoms with Crippen molar-refractivity contribution in [3.63, 3.8) is 0 Å². The summed E-state index contributed by atoms with van der Waals surface area (Å²) in [5, 5.41) is 6.11. The molecule has 1 aliphatic rings. The molecule has 4 nitrogen and oxygen atoms in total. The second-order valence-corrected chi connectivity index (χ2v) is 5.33. The van der Waals surface area contributed by atoms with E-state index in [0.717, 1.165) is 0 Å². The van der Waals surface area contributed by atoms with E-state index in [0.29, 0.717) is 31.2 Å². The summed E-state index contributed by atoms with van der Waals surface area (Å²) < 4.78 is 4.86. The lowest BCUT2D eigenvalue weighted by Gasteiger charge is -2.17. The van der Waals surface area contributed by atoms with Gasteiger partial charge in [0.2, 0.25) is 5.91 Å². The van der Waals surface area contributed by atoms with Crippen molar-refractivity contribution in [2.45, 2.75) is 39.2 Å². The minimum Gasteiger partial charge on any atom is -0.383 e. The van der Waals surface area contributed by atoms with E-state index < -0.39 is 0 Å². The van der Waals surface area contributed by atoms with E-state index in [2.05, 4.69) is 24.5 Å². The molecule has 94 valence electrons. The van der Waals surface area contributed by atoms with Gasteiger partial charge in [0.25, 0.3) is 0 Å². The van der Waals surface area contributed by atoms with Gasteiger partial charge in [-0.05, 0) is 24.7 Å². The molecule has 0 radical (unpaired) electrons. The first kappa shape index (κ1) is 13.5. The van der Waals surface area contributed by atoms with E-state index in [9.17, 15) is 4.79 Å². The van der Waals surface area contributed by atoms with Crippen LogP contribution in [0.25, 0.3) is 0 Å². The van der Waals surface area contributed by atoms with Gasteiger partial charge in [0.1, 0.15) is 0 Å². The van der Waals surface area contributed by atoms with Crippen LogP contribution in [0.5, 0.6) is 0 Å². The first-order valence-corrected chi connectivity index (χ1v) is 6.02. The van der Waals surface area contributed by atoms with Crippen molar-refractivity contribution in [1.82, 2.24) is 10.6 Å². The maximum absolute atomic E-state index is 11.4. The van der Waals surface area contributed by atoms with Gasteiger partial charge in [0, 0.05) is 19.7 Å². The van der Waals surface area contributed by atoms with E-state index in [1.807, 2.05) is 0 Å². The molecule has 0 aliphatic heterocycles. The molecule has 1 amide bonds. The molecule has 4 heteroatoms. The quantitative estimate of drug-likeness (QED) is 0.665. The molecule has 0 saturated heterocycles. The summed E-state index contributed by atoms with van der Waals surface area (Å²) in [6, 6.07) is 0.503. The monoisotopic (exact) mass is 228 g/mol. The first-order chi connectivity index (χ1) is 7.53. The van der Waals surface area contributed by atoms with Crippen molar-refractivity contribution in [3.05, 3.63) is 0 Å². The molecule has 2 N–H and O–H groups in total. The highest BCUT2D eigenvalue weighted by Crippen LogP contribution is 2.36. The lowest BCUT2D eigenvalue weighted by atomic mass is 9.92. The van der Waals surface area contributed by atoms with Gasteiger partial charge < -0.3 is 15.4 Å². The van der Waals surface area contributed by atoms with Gasteiger partial charge in [0.05, 0.1) is 13.2 Å². The van der Waals surface area contributed by atoms with Crippen molar-refractivity contribution in [3.8, 4) is 0 Å². The Bertz CT molecular complexity index is 229. The summed E-state index contributed by atoms with van der Waals surface area (Å²) in [6.07, 6.45) is 3.59. The van der Waals surface area contributed by atoms with Crippen LogP contribution in [-0.4, -0.2) is 38.8 Å². The predicted molar refractivity (Wildman–Crippen MR) is 64.3 cm³/mol. The molecule has 16 heavy (non-hydrogen) atoms. The van der Waals surface area contributed by atoms with Crippen LogP contribution in [0, 0.1) is 5.41 Å². The maximum Gasteiger partial charge on any atom is 0.234 e. The largest absolute Gasteiger partial charge is 0.383 e. The predicted octanol–water partition coefficient (Wildman–Crippen LogP) is 0.917. The number of carbonyl (C=O) groups is 1. The zero-order chi connectivity index (χ0) is 12.0. The summed E-state index contributed by atoms with van der Waals surface area (Å²) in [4.78, 5) is 11.4. The average Bonchev–Trinajstić information content (AvgIpc) is 2.56. The van der Waals surface area contributed by atoms with Crippen molar-refractivity contribution >= 4 is 5.91 Å². The Kier molecular flexibility index (Phi) is 5.22. The van der Waals surface area contributed by atoms with Crippen molar-refractivity contribution < 1.29 is 9.53 Å². The van der Waals surface area contributed by atoms with E-state index >= 15 is 0 Å². The molecule has 1 fully saturated rings. The molecule has 1 aliphatic carbocycles. The Hall–Kier alpha value is -0.610. The summed E-state index contributed by atoms with van der Waals surface area (Å²) in [5.74, 6) is 0.0572. The molecule has 1 unspecified atom stereocenters. The van der Waals surface area contributed by atoms with Gasteiger partial charge in [-0.15, -0.1) is 0 Å². The third-order valence-electron chi connectivity index (χ3n) is 3.15. The second-order valence-electron chi connectivity index (χ2n) is 5.33. The SMILES string of the molecule is COCCNC(=O)CNC1CCC(C)(C)C1. The smallest absolute Gasteiger partial charge is 0.234 e. The Morgan fingerprint density at radius 1 is 1.50 bits per heavy atom. The lowest BCUT2D eigenvalue weighted by molar-refractivity contribution is -0.120. The highest BCUT2D eigenvalue weighted by atomic mass is 16.5. The van der Waals surface area contributed by atoms with E-state index in [1.54, 1.807) is 7.11 Å². The van der Waals surface area contributed by atoms with Gasteiger partial charge in [-0.1, -0.05) is 13.8 Å². The van der Waals surface area contributed by atoms with Crippen LogP contribution in [0.4, 0.5) is 0 Å². The summed E-state index contributed by atoms with van der Waals surface area (Å²) >= 11 is 0. The topological polar surface area (TPSA) is 50.4 Å². The normalized spacial score (nSPS) is 23.3. The summed E-state index contributed by atoms with van der Waals surface area (Å²) in [5.41, 5.74) is 0.435. The van der Waals surface area contributed by atoms with Crippen LogP contribution in [0.2, 0.25) is 0 Å². The molecular weight excluding hydrogens is 204 g/mol. The van der Waals surface area contributed by atoms with Gasteiger partial charge in [-0.2, -0.15) is 0 Å². The van der Waals surface area contributed by atoms with Crippen LogP contribution in [0.1, 0.15) is 33.1 Å². The first-order valence-electron chi connectivity index (χ1n) is 6.02. The number of amides is 1. The van der Waals surface area contributed by atoms with Gasteiger partial charge in [0.15, 0.2) is 0 Å². The van der Waals surface area contributed by atoms with Gasteiger partial charge in [-0.3, -0.25) is 4.79 Å². The number of hydrogen-bond donors (Lipinski definition) is 2. The van der Waals surface area contributed by atoms with Crippen LogP contribution < -0.4 is 10.6 Å². The number of methoxy groups -OCH3 is 1. The van der Waals surface area contributed by atoms with Gasteiger partial charge >= 0.3 is 0 Å². The van der Waals surface area contributed by atoms with Gasteiger partial charge in [-0.25, -0.2) is 0 Å².